The van der Waals surface area contributed by atoms with E-state index in [-0.39, 0.29) is 36.6 Å². The molecule has 1 fully saturated rings. The minimum atomic E-state index is -0.867. The molecule has 4 atom stereocenters. The molecule has 152 valence electrons. The van der Waals surface area contributed by atoms with Gasteiger partial charge in [-0.3, -0.25) is 4.79 Å². The number of hydrogen-bond acceptors (Lipinski definition) is 8. The summed E-state index contributed by atoms with van der Waals surface area (Å²) in [6.45, 7) is 0.246. The van der Waals surface area contributed by atoms with Gasteiger partial charge in [0.25, 0.3) is 0 Å². The third kappa shape index (κ3) is 2.52. The van der Waals surface area contributed by atoms with Crippen LogP contribution in [0.2, 0.25) is 0 Å². The highest BCUT2D eigenvalue weighted by Gasteiger charge is 2.52. The van der Waals surface area contributed by atoms with E-state index in [1.165, 1.54) is 14.2 Å². The molecule has 0 unspecified atom stereocenters. The highest BCUT2D eigenvalue weighted by Crippen LogP contribution is 2.55. The highest BCUT2D eigenvalue weighted by atomic mass is 16.7. The van der Waals surface area contributed by atoms with Gasteiger partial charge in [-0.2, -0.15) is 0 Å². The summed E-state index contributed by atoms with van der Waals surface area (Å²) in [6, 6.07) is 6.93. The number of cyclic esters (lactones) is 1. The standard InChI is InChI=1S/C21H20O8/c1-25-15-3-9(4-16(26-2)20(15)23)17-10-5-13-14(29-8-28-13)6-11(10)19(22)12-7-27-21(24)18(12)17/h3-6,12,17-19,22-23H,7-8H2,1-2H3/t12-,17-,18+,19+/m0/s1. The maximum Gasteiger partial charge on any atom is 0.310 e. The van der Waals surface area contributed by atoms with Gasteiger partial charge < -0.3 is 33.9 Å². The molecule has 0 aromatic heterocycles. The van der Waals surface area contributed by atoms with Crippen molar-refractivity contribution in [3.8, 4) is 28.7 Å². The van der Waals surface area contributed by atoms with Crippen LogP contribution in [0.1, 0.15) is 28.7 Å². The molecule has 8 heteroatoms. The maximum absolute atomic E-state index is 12.7. The van der Waals surface area contributed by atoms with E-state index in [0.29, 0.717) is 22.6 Å². The third-order valence-corrected chi connectivity index (χ3v) is 6.01. The van der Waals surface area contributed by atoms with Crippen LogP contribution >= 0.6 is 0 Å². The van der Waals surface area contributed by atoms with Crippen molar-refractivity contribution in [2.45, 2.75) is 12.0 Å². The second kappa shape index (κ2) is 6.45. The van der Waals surface area contributed by atoms with E-state index in [1.807, 2.05) is 0 Å². The lowest BCUT2D eigenvalue weighted by Gasteiger charge is -2.37. The van der Waals surface area contributed by atoms with Crippen molar-refractivity contribution < 1.29 is 38.7 Å². The molecule has 0 spiro atoms. The predicted octanol–water partition coefficient (Wildman–Crippen LogP) is 2.11. The van der Waals surface area contributed by atoms with E-state index < -0.39 is 23.9 Å². The van der Waals surface area contributed by atoms with Gasteiger partial charge in [0, 0.05) is 11.8 Å². The van der Waals surface area contributed by atoms with E-state index in [4.69, 9.17) is 23.7 Å². The van der Waals surface area contributed by atoms with Crippen LogP contribution in [-0.2, 0) is 9.53 Å². The summed E-state index contributed by atoms with van der Waals surface area (Å²) >= 11 is 0. The largest absolute Gasteiger partial charge is 0.502 e. The fraction of sp³-hybridized carbons (Fsp3) is 0.381. The monoisotopic (exact) mass is 400 g/mol. The fourth-order valence-corrected chi connectivity index (χ4v) is 4.63. The Hall–Kier alpha value is -3.13. The van der Waals surface area contributed by atoms with E-state index >= 15 is 0 Å². The van der Waals surface area contributed by atoms with E-state index in [2.05, 4.69) is 0 Å². The molecule has 0 amide bonds. The Kier molecular flexibility index (Phi) is 3.99. The second-order valence-corrected chi connectivity index (χ2v) is 7.35. The maximum atomic E-state index is 12.7. The van der Waals surface area contributed by atoms with Gasteiger partial charge in [0.2, 0.25) is 12.5 Å². The van der Waals surface area contributed by atoms with Crippen LogP contribution in [0.15, 0.2) is 24.3 Å². The van der Waals surface area contributed by atoms with Crippen LogP contribution in [0.5, 0.6) is 28.7 Å². The number of aromatic hydroxyl groups is 1. The lowest BCUT2D eigenvalue weighted by atomic mass is 9.66. The highest BCUT2D eigenvalue weighted by molar-refractivity contribution is 5.79. The van der Waals surface area contributed by atoms with Gasteiger partial charge in [-0.1, -0.05) is 0 Å². The first kappa shape index (κ1) is 17.9. The molecule has 2 aromatic carbocycles. The molecule has 2 aliphatic heterocycles. The van der Waals surface area contributed by atoms with Gasteiger partial charge >= 0.3 is 5.97 Å². The number of benzene rings is 2. The Labute approximate surface area is 166 Å². The average molecular weight is 400 g/mol. The van der Waals surface area contributed by atoms with Gasteiger partial charge in [-0.25, -0.2) is 0 Å². The lowest BCUT2D eigenvalue weighted by Crippen LogP contribution is -2.34. The molecule has 0 saturated carbocycles. The zero-order valence-corrected chi connectivity index (χ0v) is 15.9. The Balaban J connectivity index is 1.75. The molecule has 2 heterocycles. The summed E-state index contributed by atoms with van der Waals surface area (Å²) in [7, 11) is 2.89. The molecular formula is C21H20O8. The fourth-order valence-electron chi connectivity index (χ4n) is 4.63. The third-order valence-electron chi connectivity index (χ3n) is 6.01. The molecule has 3 aliphatic rings. The van der Waals surface area contributed by atoms with Gasteiger partial charge in [0.1, 0.15) is 0 Å². The summed E-state index contributed by atoms with van der Waals surface area (Å²) in [4.78, 5) is 12.7. The Morgan fingerprint density at radius 3 is 2.21 bits per heavy atom. The Bertz CT molecular complexity index is 975. The van der Waals surface area contributed by atoms with E-state index in [1.54, 1.807) is 24.3 Å². The average Bonchev–Trinajstić information content (AvgIpc) is 3.34. The molecule has 29 heavy (non-hydrogen) atoms. The number of carbonyl (C=O) groups excluding carboxylic acids is 1. The minimum Gasteiger partial charge on any atom is -0.502 e. The van der Waals surface area contributed by atoms with Gasteiger partial charge in [-0.15, -0.1) is 0 Å². The van der Waals surface area contributed by atoms with Gasteiger partial charge in [0.05, 0.1) is 32.8 Å². The van der Waals surface area contributed by atoms with Crippen molar-refractivity contribution in [2.75, 3.05) is 27.6 Å². The number of aliphatic hydroxyl groups is 1. The van der Waals surface area contributed by atoms with Crippen LogP contribution in [-0.4, -0.2) is 43.8 Å². The van der Waals surface area contributed by atoms with E-state index in [9.17, 15) is 15.0 Å². The number of aliphatic hydroxyl groups excluding tert-OH is 1. The number of methoxy groups -OCH3 is 2. The number of ether oxygens (including phenoxy) is 5. The zero-order chi connectivity index (χ0) is 20.3. The number of carbonyl (C=O) groups is 1. The van der Waals surface area contributed by atoms with Crippen LogP contribution < -0.4 is 18.9 Å². The molecule has 8 nitrogen and oxygen atoms in total. The van der Waals surface area contributed by atoms with Crippen molar-refractivity contribution in [3.63, 3.8) is 0 Å². The quantitative estimate of drug-likeness (QED) is 0.755. The van der Waals surface area contributed by atoms with Crippen LogP contribution in [0.25, 0.3) is 0 Å². The van der Waals surface area contributed by atoms with Gasteiger partial charge in [0.15, 0.2) is 23.0 Å². The molecule has 5 rings (SSSR count). The summed E-state index contributed by atoms with van der Waals surface area (Å²) in [5, 5.41) is 21.3. The number of hydrogen-bond donors (Lipinski definition) is 2. The first-order chi connectivity index (χ1) is 14.0. The number of rotatable bonds is 3. The summed E-state index contributed by atoms with van der Waals surface area (Å²) < 4.78 is 26.9. The summed E-state index contributed by atoms with van der Waals surface area (Å²) in [5.41, 5.74) is 2.12. The summed E-state index contributed by atoms with van der Waals surface area (Å²) in [6.07, 6.45) is -0.867. The molecule has 0 bridgehead atoms. The van der Waals surface area contributed by atoms with E-state index in [0.717, 1.165) is 5.56 Å². The normalized spacial score (nSPS) is 26.5. The number of fused-ring (bicyclic) bond motifs is 3. The van der Waals surface area contributed by atoms with Crippen molar-refractivity contribution in [1.29, 1.82) is 0 Å². The first-order valence-electron chi connectivity index (χ1n) is 9.26. The van der Waals surface area contributed by atoms with Crippen LogP contribution in [0, 0.1) is 11.8 Å². The second-order valence-electron chi connectivity index (χ2n) is 7.35. The minimum absolute atomic E-state index is 0.106. The van der Waals surface area contributed by atoms with Crippen molar-refractivity contribution in [3.05, 3.63) is 41.0 Å². The first-order valence-corrected chi connectivity index (χ1v) is 9.26. The van der Waals surface area contributed by atoms with Crippen molar-refractivity contribution in [2.24, 2.45) is 11.8 Å². The van der Waals surface area contributed by atoms with Crippen molar-refractivity contribution >= 4 is 5.97 Å². The number of phenols is 1. The van der Waals surface area contributed by atoms with Crippen LogP contribution in [0.3, 0.4) is 0 Å². The predicted molar refractivity (Wildman–Crippen MR) is 98.5 cm³/mol. The number of esters is 1. The van der Waals surface area contributed by atoms with Crippen molar-refractivity contribution in [1.82, 2.24) is 0 Å². The molecule has 2 aromatic rings. The SMILES string of the molecule is COc1cc([C@H]2c3cc4c(cc3[C@@H](O)[C@H]3COC(=O)[C@@H]23)OCO4)cc(OC)c1O. The number of phenolic OH excluding ortho intramolecular Hbond substituents is 1. The topological polar surface area (TPSA) is 104 Å². The molecule has 1 aliphatic carbocycles. The Morgan fingerprint density at radius 2 is 1.59 bits per heavy atom. The van der Waals surface area contributed by atoms with Gasteiger partial charge in [-0.05, 0) is 41.0 Å². The smallest absolute Gasteiger partial charge is 0.310 e. The molecule has 1 saturated heterocycles. The lowest BCUT2D eigenvalue weighted by molar-refractivity contribution is -0.141. The molecule has 2 N–H and O–H groups in total. The van der Waals surface area contributed by atoms with Crippen LogP contribution in [0.4, 0.5) is 0 Å². The Morgan fingerprint density at radius 1 is 0.966 bits per heavy atom. The summed E-state index contributed by atoms with van der Waals surface area (Å²) in [5.74, 6) is -0.324. The molecular weight excluding hydrogens is 380 g/mol. The molecule has 0 radical (unpaired) electrons. The zero-order valence-electron chi connectivity index (χ0n) is 15.9.